The van der Waals surface area contributed by atoms with Crippen molar-refractivity contribution in [3.63, 3.8) is 0 Å². The second kappa shape index (κ2) is 6.27. The molecule has 0 saturated heterocycles. The number of benzene rings is 1. The second-order valence-corrected chi connectivity index (χ2v) is 4.29. The highest BCUT2D eigenvalue weighted by Gasteiger charge is 2.20. The predicted octanol–water partition coefficient (Wildman–Crippen LogP) is 1.26. The highest BCUT2D eigenvalue weighted by molar-refractivity contribution is 6.39. The summed E-state index contributed by atoms with van der Waals surface area (Å²) in [4.78, 5) is 25.2. The summed E-state index contributed by atoms with van der Waals surface area (Å²) >= 11 is 0. The molecule has 1 aliphatic rings. The maximum absolute atomic E-state index is 11.9. The molecule has 0 aliphatic carbocycles. The van der Waals surface area contributed by atoms with Crippen molar-refractivity contribution in [2.24, 2.45) is 0 Å². The maximum Gasteiger partial charge on any atom is 0.313 e. The first-order chi connectivity index (χ1) is 9.65. The number of hydrogen-bond donors (Lipinski definition) is 1. The Kier molecular flexibility index (Phi) is 4.45. The summed E-state index contributed by atoms with van der Waals surface area (Å²) in [6.07, 6.45) is 0. The molecule has 2 rings (SSSR count). The molecular weight excluding hydrogens is 260 g/mol. The van der Waals surface area contributed by atoms with Crippen molar-refractivity contribution in [3.05, 3.63) is 18.2 Å². The Balaban J connectivity index is 2.06. The van der Waals surface area contributed by atoms with Crippen molar-refractivity contribution in [1.29, 1.82) is 0 Å². The van der Waals surface area contributed by atoms with Gasteiger partial charge in [-0.05, 0) is 26.0 Å². The zero-order valence-corrected chi connectivity index (χ0v) is 11.6. The standard InChI is InChI=1S/C14H18N2O4/c1-3-16(4-2)14(18)13(17)15-10-5-6-11-12(9-10)20-8-7-19-11/h5-6,9H,3-4,7-8H2,1-2H3,(H,15,17). The third kappa shape index (κ3) is 3.01. The van der Waals surface area contributed by atoms with Gasteiger partial charge in [-0.1, -0.05) is 0 Å². The van der Waals surface area contributed by atoms with E-state index in [9.17, 15) is 9.59 Å². The van der Waals surface area contributed by atoms with Gasteiger partial charge in [0.1, 0.15) is 13.2 Å². The predicted molar refractivity (Wildman–Crippen MR) is 74.0 cm³/mol. The Hall–Kier alpha value is -2.24. The monoisotopic (exact) mass is 278 g/mol. The van der Waals surface area contributed by atoms with Crippen molar-refractivity contribution in [2.75, 3.05) is 31.6 Å². The van der Waals surface area contributed by atoms with Crippen LogP contribution in [0.2, 0.25) is 0 Å². The second-order valence-electron chi connectivity index (χ2n) is 4.29. The van der Waals surface area contributed by atoms with Gasteiger partial charge in [-0.2, -0.15) is 0 Å². The average molecular weight is 278 g/mol. The number of ether oxygens (including phenoxy) is 2. The zero-order valence-electron chi connectivity index (χ0n) is 11.6. The number of hydrogen-bond acceptors (Lipinski definition) is 4. The minimum absolute atomic E-state index is 0.475. The number of nitrogens with one attached hydrogen (secondary N) is 1. The topological polar surface area (TPSA) is 67.9 Å². The Morgan fingerprint density at radius 1 is 1.15 bits per heavy atom. The van der Waals surface area contributed by atoms with Gasteiger partial charge < -0.3 is 19.7 Å². The Labute approximate surface area is 117 Å². The molecule has 0 spiro atoms. The van der Waals surface area contributed by atoms with Crippen LogP contribution in [0.1, 0.15) is 13.8 Å². The number of fused-ring (bicyclic) bond motifs is 1. The van der Waals surface area contributed by atoms with Gasteiger partial charge in [-0.15, -0.1) is 0 Å². The highest BCUT2D eigenvalue weighted by Crippen LogP contribution is 2.32. The fourth-order valence-corrected chi connectivity index (χ4v) is 1.96. The lowest BCUT2D eigenvalue weighted by Gasteiger charge is -2.20. The van der Waals surface area contributed by atoms with E-state index in [2.05, 4.69) is 5.32 Å². The lowest BCUT2D eigenvalue weighted by molar-refractivity contribution is -0.142. The largest absolute Gasteiger partial charge is 0.486 e. The van der Waals surface area contributed by atoms with Crippen molar-refractivity contribution < 1.29 is 19.1 Å². The number of amides is 2. The van der Waals surface area contributed by atoms with Gasteiger partial charge in [-0.3, -0.25) is 9.59 Å². The third-order valence-electron chi connectivity index (χ3n) is 3.04. The molecule has 0 fully saturated rings. The molecule has 6 heteroatoms. The minimum Gasteiger partial charge on any atom is -0.486 e. The molecule has 0 radical (unpaired) electrons. The highest BCUT2D eigenvalue weighted by atomic mass is 16.6. The summed E-state index contributed by atoms with van der Waals surface area (Å²) in [7, 11) is 0. The molecular formula is C14H18N2O4. The summed E-state index contributed by atoms with van der Waals surface area (Å²) in [5.41, 5.74) is 0.514. The molecule has 0 atom stereocenters. The Bertz CT molecular complexity index is 512. The van der Waals surface area contributed by atoms with Gasteiger partial charge in [0.05, 0.1) is 0 Å². The molecule has 2 amide bonds. The van der Waals surface area contributed by atoms with Crippen LogP contribution in [0.3, 0.4) is 0 Å². The fraction of sp³-hybridized carbons (Fsp3) is 0.429. The summed E-state index contributed by atoms with van der Waals surface area (Å²) < 4.78 is 10.8. The maximum atomic E-state index is 11.9. The van der Waals surface area contributed by atoms with Gasteiger partial charge in [0.25, 0.3) is 0 Å². The molecule has 6 nitrogen and oxygen atoms in total. The summed E-state index contributed by atoms with van der Waals surface area (Å²) in [5, 5.41) is 2.58. The molecule has 1 aromatic rings. The van der Waals surface area contributed by atoms with Crippen LogP contribution in [0, 0.1) is 0 Å². The van der Waals surface area contributed by atoms with Crippen molar-refractivity contribution in [3.8, 4) is 11.5 Å². The quantitative estimate of drug-likeness (QED) is 0.845. The van der Waals surface area contributed by atoms with E-state index in [0.717, 1.165) is 0 Å². The van der Waals surface area contributed by atoms with E-state index in [4.69, 9.17) is 9.47 Å². The first kappa shape index (κ1) is 14.2. The third-order valence-corrected chi connectivity index (χ3v) is 3.04. The van der Waals surface area contributed by atoms with Crippen LogP contribution in [0.15, 0.2) is 18.2 Å². The van der Waals surface area contributed by atoms with E-state index >= 15 is 0 Å². The van der Waals surface area contributed by atoms with Crippen molar-refractivity contribution in [1.82, 2.24) is 4.90 Å². The van der Waals surface area contributed by atoms with E-state index in [1.807, 2.05) is 13.8 Å². The van der Waals surface area contributed by atoms with Gasteiger partial charge in [-0.25, -0.2) is 0 Å². The molecule has 1 aliphatic heterocycles. The van der Waals surface area contributed by atoms with Gasteiger partial charge in [0, 0.05) is 24.8 Å². The number of nitrogens with zero attached hydrogens (tertiary/aromatic N) is 1. The number of carbonyl (C=O) groups is 2. The number of rotatable bonds is 3. The first-order valence-electron chi connectivity index (χ1n) is 6.65. The molecule has 0 bridgehead atoms. The smallest absolute Gasteiger partial charge is 0.313 e. The molecule has 1 N–H and O–H groups in total. The zero-order chi connectivity index (χ0) is 14.5. The van der Waals surface area contributed by atoms with Crippen molar-refractivity contribution >= 4 is 17.5 Å². The van der Waals surface area contributed by atoms with E-state index in [-0.39, 0.29) is 0 Å². The average Bonchev–Trinajstić information content (AvgIpc) is 2.48. The number of likely N-dealkylation sites (N-methyl/N-ethyl adjacent to an activating group) is 1. The Morgan fingerprint density at radius 2 is 1.80 bits per heavy atom. The lowest BCUT2D eigenvalue weighted by atomic mass is 10.2. The molecule has 0 saturated carbocycles. The van der Waals surface area contributed by atoms with Crippen LogP contribution in [0.4, 0.5) is 5.69 Å². The number of anilines is 1. The molecule has 20 heavy (non-hydrogen) atoms. The van der Waals surface area contributed by atoms with E-state index in [1.54, 1.807) is 18.2 Å². The van der Waals surface area contributed by atoms with Crippen LogP contribution in [0.5, 0.6) is 11.5 Å². The normalized spacial score (nSPS) is 12.7. The minimum atomic E-state index is -0.648. The summed E-state index contributed by atoms with van der Waals surface area (Å²) in [5.74, 6) is 0.0314. The summed E-state index contributed by atoms with van der Waals surface area (Å²) in [6, 6.07) is 5.05. The molecule has 0 aromatic heterocycles. The van der Waals surface area contributed by atoms with Gasteiger partial charge >= 0.3 is 11.8 Å². The molecule has 1 heterocycles. The van der Waals surface area contributed by atoms with E-state index < -0.39 is 11.8 Å². The van der Waals surface area contributed by atoms with Crippen LogP contribution in [-0.2, 0) is 9.59 Å². The van der Waals surface area contributed by atoms with Crippen LogP contribution < -0.4 is 14.8 Å². The van der Waals surface area contributed by atoms with Crippen LogP contribution in [-0.4, -0.2) is 43.0 Å². The SMILES string of the molecule is CCN(CC)C(=O)C(=O)Nc1ccc2c(c1)OCCO2. The fourth-order valence-electron chi connectivity index (χ4n) is 1.96. The van der Waals surface area contributed by atoms with Crippen LogP contribution in [0.25, 0.3) is 0 Å². The first-order valence-corrected chi connectivity index (χ1v) is 6.65. The van der Waals surface area contributed by atoms with Gasteiger partial charge in [0.15, 0.2) is 11.5 Å². The molecule has 0 unspecified atom stereocenters. The van der Waals surface area contributed by atoms with Crippen molar-refractivity contribution in [2.45, 2.75) is 13.8 Å². The molecule has 108 valence electrons. The van der Waals surface area contributed by atoms with Gasteiger partial charge in [0.2, 0.25) is 0 Å². The Morgan fingerprint density at radius 3 is 2.45 bits per heavy atom. The lowest BCUT2D eigenvalue weighted by Crippen LogP contribution is -2.39. The number of carbonyl (C=O) groups excluding carboxylic acids is 2. The van der Waals surface area contributed by atoms with Crippen LogP contribution >= 0.6 is 0 Å². The van der Waals surface area contributed by atoms with E-state index in [0.29, 0.717) is 43.5 Å². The summed E-state index contributed by atoms with van der Waals surface area (Å²) in [6.45, 7) is 5.66. The molecule has 1 aromatic carbocycles. The van der Waals surface area contributed by atoms with E-state index in [1.165, 1.54) is 4.90 Å².